The van der Waals surface area contributed by atoms with Crippen molar-refractivity contribution in [3.8, 4) is 5.75 Å². The van der Waals surface area contributed by atoms with Crippen LogP contribution in [0.5, 0.6) is 5.75 Å². The van der Waals surface area contributed by atoms with Crippen molar-refractivity contribution in [2.75, 3.05) is 39.3 Å². The van der Waals surface area contributed by atoms with E-state index in [0.29, 0.717) is 38.3 Å². The number of carbonyl (C=O) groups is 5. The second kappa shape index (κ2) is 12.3. The fraction of sp³-hybridized carbons (Fsp3) is 0.560. The van der Waals surface area contributed by atoms with Gasteiger partial charge in [0.1, 0.15) is 12.3 Å². The molecular formula is C25H33N3O6. The van der Waals surface area contributed by atoms with Gasteiger partial charge in [-0.25, -0.2) is 0 Å². The van der Waals surface area contributed by atoms with Crippen LogP contribution in [0.15, 0.2) is 24.3 Å². The van der Waals surface area contributed by atoms with Crippen LogP contribution in [-0.2, 0) is 19.2 Å². The Morgan fingerprint density at radius 2 is 1.41 bits per heavy atom. The largest absolute Gasteiger partial charge is 0.494 e. The molecule has 0 radical (unpaired) electrons. The molecule has 34 heavy (non-hydrogen) atoms. The minimum atomic E-state index is -0.314. The molecule has 2 aliphatic heterocycles. The number of ketones is 1. The van der Waals surface area contributed by atoms with Crippen molar-refractivity contribution in [1.82, 2.24) is 14.7 Å². The number of imide groups is 1. The Labute approximate surface area is 200 Å². The molecule has 0 unspecified atom stereocenters. The number of Topliss-reactive ketones (excluding diaryl/α,β-unsaturated/α-hetero) is 1. The summed E-state index contributed by atoms with van der Waals surface area (Å²) < 4.78 is 5.66. The van der Waals surface area contributed by atoms with E-state index >= 15 is 0 Å². The Morgan fingerprint density at radius 1 is 0.824 bits per heavy atom. The molecule has 2 heterocycles. The highest BCUT2D eigenvalue weighted by Crippen LogP contribution is 2.16. The summed E-state index contributed by atoms with van der Waals surface area (Å²) in [6.07, 6.45) is 3.79. The number of likely N-dealkylation sites (tertiary alicyclic amines) is 1. The summed E-state index contributed by atoms with van der Waals surface area (Å²) in [5.74, 6) is -0.406. The molecule has 9 heteroatoms. The van der Waals surface area contributed by atoms with Crippen molar-refractivity contribution < 1.29 is 28.7 Å². The molecule has 0 bridgehead atoms. The quantitative estimate of drug-likeness (QED) is 0.278. The van der Waals surface area contributed by atoms with Gasteiger partial charge in [0.2, 0.25) is 23.6 Å². The van der Waals surface area contributed by atoms with Gasteiger partial charge in [0, 0.05) is 57.4 Å². The van der Waals surface area contributed by atoms with Crippen molar-refractivity contribution >= 4 is 29.4 Å². The first-order chi connectivity index (χ1) is 16.4. The van der Waals surface area contributed by atoms with Gasteiger partial charge in [-0.1, -0.05) is 19.8 Å². The first-order valence-corrected chi connectivity index (χ1v) is 12.0. The maximum Gasteiger partial charge on any atom is 0.242 e. The normalized spacial score (nSPS) is 16.2. The molecule has 1 aromatic rings. The number of rotatable bonds is 11. The Morgan fingerprint density at radius 3 is 2.00 bits per heavy atom. The number of nitrogens with zero attached hydrogens (tertiary/aromatic N) is 3. The fourth-order valence-electron chi connectivity index (χ4n) is 4.04. The van der Waals surface area contributed by atoms with Gasteiger partial charge < -0.3 is 14.5 Å². The van der Waals surface area contributed by atoms with Gasteiger partial charge >= 0.3 is 0 Å². The summed E-state index contributed by atoms with van der Waals surface area (Å²) in [6.45, 7) is 3.97. The van der Waals surface area contributed by atoms with E-state index < -0.39 is 0 Å². The van der Waals surface area contributed by atoms with E-state index in [1.165, 1.54) is 0 Å². The highest BCUT2D eigenvalue weighted by molar-refractivity contribution is 6.04. The van der Waals surface area contributed by atoms with Gasteiger partial charge in [0.05, 0.1) is 6.61 Å². The van der Waals surface area contributed by atoms with Crippen LogP contribution in [-0.4, -0.2) is 83.4 Å². The third-order valence-electron chi connectivity index (χ3n) is 6.19. The average molecular weight is 472 g/mol. The van der Waals surface area contributed by atoms with Gasteiger partial charge in [-0.15, -0.1) is 0 Å². The highest BCUT2D eigenvalue weighted by atomic mass is 16.5. The lowest BCUT2D eigenvalue weighted by molar-refractivity contribution is -0.147. The Kier molecular flexibility index (Phi) is 9.18. The lowest BCUT2D eigenvalue weighted by Crippen LogP contribution is -2.53. The minimum absolute atomic E-state index is 0.0976. The molecular weight excluding hydrogens is 438 g/mol. The maximum absolute atomic E-state index is 12.6. The van der Waals surface area contributed by atoms with Gasteiger partial charge in [-0.2, -0.15) is 0 Å². The van der Waals surface area contributed by atoms with E-state index in [0.717, 1.165) is 29.9 Å². The topological polar surface area (TPSA) is 104 Å². The van der Waals surface area contributed by atoms with Crippen molar-refractivity contribution in [1.29, 1.82) is 0 Å². The van der Waals surface area contributed by atoms with Gasteiger partial charge in [-0.05, 0) is 30.7 Å². The molecule has 184 valence electrons. The van der Waals surface area contributed by atoms with Crippen LogP contribution >= 0.6 is 0 Å². The molecule has 0 aromatic heterocycles. The zero-order valence-corrected chi connectivity index (χ0v) is 19.8. The monoisotopic (exact) mass is 471 g/mol. The summed E-state index contributed by atoms with van der Waals surface area (Å²) in [6, 6.07) is 7.01. The number of hydrogen-bond acceptors (Lipinski definition) is 6. The minimum Gasteiger partial charge on any atom is -0.494 e. The van der Waals surface area contributed by atoms with Crippen molar-refractivity contribution in [3.05, 3.63) is 29.8 Å². The molecule has 0 N–H and O–H groups in total. The summed E-state index contributed by atoms with van der Waals surface area (Å²) in [5.41, 5.74) is 0.551. The average Bonchev–Trinajstić information content (AvgIpc) is 3.17. The molecule has 9 nitrogen and oxygen atoms in total. The third-order valence-corrected chi connectivity index (χ3v) is 6.19. The molecule has 0 atom stereocenters. The number of benzene rings is 1. The van der Waals surface area contributed by atoms with Crippen molar-refractivity contribution in [2.45, 2.75) is 51.9 Å². The molecule has 2 saturated heterocycles. The van der Waals surface area contributed by atoms with E-state index in [9.17, 15) is 24.0 Å². The number of ether oxygens (including phenoxy) is 1. The predicted molar refractivity (Wildman–Crippen MR) is 124 cm³/mol. The Bertz CT molecular complexity index is 890. The van der Waals surface area contributed by atoms with Crippen LogP contribution < -0.4 is 4.74 Å². The van der Waals surface area contributed by atoms with E-state index in [2.05, 4.69) is 6.92 Å². The molecule has 0 saturated carbocycles. The first kappa shape index (κ1) is 25.4. The Hall–Kier alpha value is -3.23. The highest BCUT2D eigenvalue weighted by Gasteiger charge is 2.33. The maximum atomic E-state index is 12.6. The predicted octanol–water partition coefficient (Wildman–Crippen LogP) is 2.04. The van der Waals surface area contributed by atoms with Crippen LogP contribution in [0.4, 0.5) is 0 Å². The number of piperazine rings is 1. The van der Waals surface area contributed by atoms with E-state index in [4.69, 9.17) is 4.74 Å². The molecule has 1 aromatic carbocycles. The molecule has 0 aliphatic carbocycles. The van der Waals surface area contributed by atoms with E-state index in [1.807, 2.05) is 0 Å². The number of carbonyl (C=O) groups excluding carboxylic acids is 5. The SMILES string of the molecule is CCCCCOc1ccc(C(=O)CCC(=O)N2CCN(C(=O)CN3C(=O)CCC3=O)CC2)cc1. The molecule has 2 aliphatic rings. The van der Waals surface area contributed by atoms with Crippen LogP contribution in [0.25, 0.3) is 0 Å². The zero-order valence-electron chi connectivity index (χ0n) is 19.8. The molecule has 3 rings (SSSR count). The smallest absolute Gasteiger partial charge is 0.242 e. The van der Waals surface area contributed by atoms with Gasteiger partial charge in [0.25, 0.3) is 0 Å². The number of amides is 4. The standard InChI is InChI=1S/C25H33N3O6/c1-2-3-4-17-34-20-7-5-19(6-8-20)21(29)9-10-22(30)26-13-15-27(16-14-26)25(33)18-28-23(31)11-12-24(28)32/h5-8H,2-4,9-18H2,1H3. The van der Waals surface area contributed by atoms with Crippen LogP contribution in [0, 0.1) is 0 Å². The van der Waals surface area contributed by atoms with Crippen LogP contribution in [0.3, 0.4) is 0 Å². The summed E-state index contributed by atoms with van der Waals surface area (Å²) in [5, 5.41) is 0. The lowest BCUT2D eigenvalue weighted by atomic mass is 10.1. The lowest BCUT2D eigenvalue weighted by Gasteiger charge is -2.35. The summed E-state index contributed by atoms with van der Waals surface area (Å²) in [4.78, 5) is 65.1. The van der Waals surface area contributed by atoms with Gasteiger partial charge in [-0.3, -0.25) is 28.9 Å². The van der Waals surface area contributed by atoms with Crippen LogP contribution in [0.1, 0.15) is 62.2 Å². The first-order valence-electron chi connectivity index (χ1n) is 12.0. The number of unbranched alkanes of at least 4 members (excludes halogenated alkanes) is 2. The van der Waals surface area contributed by atoms with E-state index in [1.54, 1.807) is 34.1 Å². The van der Waals surface area contributed by atoms with Gasteiger partial charge in [0.15, 0.2) is 5.78 Å². The number of hydrogen-bond donors (Lipinski definition) is 0. The zero-order chi connectivity index (χ0) is 24.5. The van der Waals surface area contributed by atoms with Crippen LogP contribution in [0.2, 0.25) is 0 Å². The summed E-state index contributed by atoms with van der Waals surface area (Å²) in [7, 11) is 0. The second-order valence-corrected chi connectivity index (χ2v) is 8.64. The van der Waals surface area contributed by atoms with Crippen molar-refractivity contribution in [2.24, 2.45) is 0 Å². The van der Waals surface area contributed by atoms with E-state index in [-0.39, 0.29) is 61.6 Å². The molecule has 0 spiro atoms. The summed E-state index contributed by atoms with van der Waals surface area (Å²) >= 11 is 0. The van der Waals surface area contributed by atoms with Crippen molar-refractivity contribution in [3.63, 3.8) is 0 Å². The fourth-order valence-corrected chi connectivity index (χ4v) is 4.04. The molecule has 4 amide bonds. The molecule has 2 fully saturated rings. The Balaban J connectivity index is 1.37. The second-order valence-electron chi connectivity index (χ2n) is 8.64. The third kappa shape index (κ3) is 6.88.